The smallest absolute Gasteiger partial charge is 0.323 e. The lowest BCUT2D eigenvalue weighted by Gasteiger charge is -2.29. The van der Waals surface area contributed by atoms with Crippen LogP contribution < -0.4 is 5.32 Å². The van der Waals surface area contributed by atoms with Gasteiger partial charge in [-0.15, -0.1) is 10.2 Å². The number of nitrogens with zero attached hydrogens (tertiary/aromatic N) is 3. The summed E-state index contributed by atoms with van der Waals surface area (Å²) in [7, 11) is 0. The summed E-state index contributed by atoms with van der Waals surface area (Å²) < 4.78 is 0. The summed E-state index contributed by atoms with van der Waals surface area (Å²) in [5, 5.41) is 21.8. The van der Waals surface area contributed by atoms with Crippen molar-refractivity contribution in [3.8, 4) is 0 Å². The molecule has 1 aromatic heterocycles. The van der Waals surface area contributed by atoms with E-state index in [-0.39, 0.29) is 6.03 Å². The number of β-amino-alcohol motifs (C(OH)–C–C–N with tert-alkyl or cyclic N) is 1. The van der Waals surface area contributed by atoms with E-state index < -0.39 is 6.10 Å². The highest BCUT2D eigenvalue weighted by molar-refractivity contribution is 7.15. The van der Waals surface area contributed by atoms with E-state index in [4.69, 9.17) is 0 Å². The molecule has 2 amide bonds. The van der Waals surface area contributed by atoms with Gasteiger partial charge in [0, 0.05) is 19.5 Å². The fourth-order valence-corrected chi connectivity index (χ4v) is 2.81. The third-order valence-corrected chi connectivity index (χ3v) is 4.01. The second-order valence-corrected chi connectivity index (χ2v) is 5.84. The van der Waals surface area contributed by atoms with Gasteiger partial charge in [0.05, 0.1) is 6.10 Å². The molecule has 7 heteroatoms. The number of anilines is 1. The van der Waals surface area contributed by atoms with Gasteiger partial charge < -0.3 is 10.0 Å². The molecule has 0 saturated carbocycles. The van der Waals surface area contributed by atoms with Crippen LogP contribution in [0.15, 0.2) is 0 Å². The number of carbonyl (C=O) groups is 1. The second-order valence-electron chi connectivity index (χ2n) is 4.78. The summed E-state index contributed by atoms with van der Waals surface area (Å²) in [5.74, 6) is 0. The van der Waals surface area contributed by atoms with E-state index in [9.17, 15) is 9.90 Å². The average molecular weight is 284 g/mol. The predicted octanol–water partition coefficient (Wildman–Crippen LogP) is 1.87. The number of rotatable bonds is 4. The highest BCUT2D eigenvalue weighted by atomic mass is 32.1. The Morgan fingerprint density at radius 2 is 2.42 bits per heavy atom. The van der Waals surface area contributed by atoms with Crippen LogP contribution >= 0.6 is 11.3 Å². The lowest BCUT2D eigenvalue weighted by Crippen LogP contribution is -2.44. The average Bonchev–Trinajstić information content (AvgIpc) is 2.84. The highest BCUT2D eigenvalue weighted by Crippen LogP contribution is 2.18. The standard InChI is InChI=1S/C12H20N4O2S/c1-2-3-6-10-14-15-11(19-10)13-12(18)16-7-4-5-9(17)8-16/h9,17H,2-8H2,1H3,(H,13,15,18). The minimum atomic E-state index is -0.408. The topological polar surface area (TPSA) is 78.4 Å². The number of nitrogens with one attached hydrogen (secondary N) is 1. The number of hydrogen-bond acceptors (Lipinski definition) is 5. The molecule has 19 heavy (non-hydrogen) atoms. The molecular formula is C12H20N4O2S. The lowest BCUT2D eigenvalue weighted by atomic mass is 10.1. The van der Waals surface area contributed by atoms with Crippen LogP contribution in [0, 0.1) is 0 Å². The lowest BCUT2D eigenvalue weighted by molar-refractivity contribution is 0.0883. The molecule has 0 bridgehead atoms. The summed E-state index contributed by atoms with van der Waals surface area (Å²) in [5.41, 5.74) is 0. The number of unbranched alkanes of at least 4 members (excludes halogenated alkanes) is 1. The zero-order chi connectivity index (χ0) is 13.7. The molecule has 0 aliphatic carbocycles. The molecule has 106 valence electrons. The van der Waals surface area contributed by atoms with Crippen molar-refractivity contribution in [2.45, 2.75) is 45.1 Å². The van der Waals surface area contributed by atoms with Crippen molar-refractivity contribution >= 4 is 22.5 Å². The molecule has 1 saturated heterocycles. The summed E-state index contributed by atoms with van der Waals surface area (Å²) in [6.45, 7) is 3.21. The summed E-state index contributed by atoms with van der Waals surface area (Å²) in [6, 6.07) is -0.197. The number of hydrogen-bond donors (Lipinski definition) is 2. The van der Waals surface area contributed by atoms with Gasteiger partial charge in [-0.2, -0.15) is 0 Å². The molecule has 0 aromatic carbocycles. The van der Waals surface area contributed by atoms with Gasteiger partial charge in [0.2, 0.25) is 5.13 Å². The number of carbonyl (C=O) groups excluding carboxylic acids is 1. The second kappa shape index (κ2) is 6.81. The number of likely N-dealkylation sites (tertiary alicyclic amines) is 1. The van der Waals surface area contributed by atoms with Crippen molar-refractivity contribution in [2.75, 3.05) is 18.4 Å². The Kier molecular flexibility index (Phi) is 5.09. The van der Waals surface area contributed by atoms with Crippen LogP contribution in [0.3, 0.4) is 0 Å². The van der Waals surface area contributed by atoms with Gasteiger partial charge in [0.25, 0.3) is 0 Å². The largest absolute Gasteiger partial charge is 0.391 e. The molecule has 0 spiro atoms. The van der Waals surface area contributed by atoms with Crippen molar-refractivity contribution in [1.82, 2.24) is 15.1 Å². The van der Waals surface area contributed by atoms with E-state index >= 15 is 0 Å². The quantitative estimate of drug-likeness (QED) is 0.884. The van der Waals surface area contributed by atoms with Gasteiger partial charge in [-0.25, -0.2) is 4.79 Å². The summed E-state index contributed by atoms with van der Waals surface area (Å²) in [6.07, 6.45) is 4.31. The van der Waals surface area contributed by atoms with Crippen LogP contribution in [0.25, 0.3) is 0 Å². The van der Waals surface area contributed by atoms with E-state index in [0.29, 0.717) is 18.2 Å². The number of aliphatic hydroxyl groups is 1. The van der Waals surface area contributed by atoms with Crippen molar-refractivity contribution in [3.63, 3.8) is 0 Å². The summed E-state index contributed by atoms with van der Waals surface area (Å²) >= 11 is 1.42. The Morgan fingerprint density at radius 1 is 1.58 bits per heavy atom. The van der Waals surface area contributed by atoms with Crippen LogP contribution in [0.2, 0.25) is 0 Å². The first kappa shape index (κ1) is 14.2. The Hall–Kier alpha value is -1.21. The van der Waals surface area contributed by atoms with Crippen molar-refractivity contribution in [2.24, 2.45) is 0 Å². The van der Waals surface area contributed by atoms with Gasteiger partial charge in [0.1, 0.15) is 5.01 Å². The zero-order valence-corrected chi connectivity index (χ0v) is 11.9. The molecule has 2 rings (SSSR count). The number of aromatic nitrogens is 2. The first-order chi connectivity index (χ1) is 9.19. The van der Waals surface area contributed by atoms with Gasteiger partial charge >= 0.3 is 6.03 Å². The summed E-state index contributed by atoms with van der Waals surface area (Å²) in [4.78, 5) is 13.6. The maximum Gasteiger partial charge on any atom is 0.323 e. The van der Waals surface area contributed by atoms with Crippen LogP contribution in [0.4, 0.5) is 9.93 Å². The van der Waals surface area contributed by atoms with Crippen LogP contribution in [-0.2, 0) is 6.42 Å². The third kappa shape index (κ3) is 4.14. The van der Waals surface area contributed by atoms with E-state index in [0.717, 1.165) is 37.1 Å². The molecule has 1 atom stereocenters. The van der Waals surface area contributed by atoms with E-state index in [2.05, 4.69) is 22.4 Å². The minimum Gasteiger partial charge on any atom is -0.391 e. The van der Waals surface area contributed by atoms with Crippen LogP contribution in [-0.4, -0.2) is 45.4 Å². The predicted molar refractivity (Wildman–Crippen MR) is 74.4 cm³/mol. The first-order valence-corrected chi connectivity index (χ1v) is 7.57. The maximum absolute atomic E-state index is 12.0. The van der Waals surface area contributed by atoms with Gasteiger partial charge in [0.15, 0.2) is 0 Å². The van der Waals surface area contributed by atoms with Crippen molar-refractivity contribution < 1.29 is 9.90 Å². The van der Waals surface area contributed by atoms with Crippen molar-refractivity contribution in [3.05, 3.63) is 5.01 Å². The molecule has 1 unspecified atom stereocenters. The molecule has 2 N–H and O–H groups in total. The monoisotopic (exact) mass is 284 g/mol. The first-order valence-electron chi connectivity index (χ1n) is 6.75. The molecule has 2 heterocycles. The van der Waals surface area contributed by atoms with Crippen LogP contribution in [0.5, 0.6) is 0 Å². The number of aliphatic hydroxyl groups excluding tert-OH is 1. The van der Waals surface area contributed by atoms with E-state index in [1.54, 1.807) is 4.90 Å². The molecule has 1 aromatic rings. The Morgan fingerprint density at radius 3 is 3.16 bits per heavy atom. The molecular weight excluding hydrogens is 264 g/mol. The van der Waals surface area contributed by atoms with Gasteiger partial charge in [-0.05, 0) is 19.3 Å². The van der Waals surface area contributed by atoms with Crippen LogP contribution in [0.1, 0.15) is 37.6 Å². The molecule has 6 nitrogen and oxygen atoms in total. The van der Waals surface area contributed by atoms with Gasteiger partial charge in [-0.1, -0.05) is 24.7 Å². The number of amides is 2. The maximum atomic E-state index is 12.0. The van der Waals surface area contributed by atoms with Crippen molar-refractivity contribution in [1.29, 1.82) is 0 Å². The van der Waals surface area contributed by atoms with E-state index in [1.807, 2.05) is 0 Å². The normalized spacial score (nSPS) is 19.5. The Labute approximate surface area is 116 Å². The molecule has 1 fully saturated rings. The number of aryl methyl sites for hydroxylation is 1. The highest BCUT2D eigenvalue weighted by Gasteiger charge is 2.22. The third-order valence-electron chi connectivity index (χ3n) is 3.11. The zero-order valence-electron chi connectivity index (χ0n) is 11.1. The molecule has 1 aliphatic heterocycles. The SMILES string of the molecule is CCCCc1nnc(NC(=O)N2CCCC(O)C2)s1. The molecule has 0 radical (unpaired) electrons. The number of urea groups is 1. The van der Waals surface area contributed by atoms with E-state index in [1.165, 1.54) is 11.3 Å². The Balaban J connectivity index is 1.86. The Bertz CT molecular complexity index is 424. The fraction of sp³-hybridized carbons (Fsp3) is 0.750. The molecule has 1 aliphatic rings. The number of piperidine rings is 1. The fourth-order valence-electron chi connectivity index (χ4n) is 2.04. The minimum absolute atomic E-state index is 0.197. The van der Waals surface area contributed by atoms with Gasteiger partial charge in [-0.3, -0.25) is 5.32 Å².